The lowest BCUT2D eigenvalue weighted by molar-refractivity contribution is -0.127. The molecule has 0 amide bonds. The number of hydrogen-bond donors (Lipinski definition) is 0. The van der Waals surface area contributed by atoms with Crippen LogP contribution in [0.1, 0.15) is 33.1 Å². The molecule has 0 aliphatic carbocycles. The van der Waals surface area contributed by atoms with Gasteiger partial charge >= 0.3 is 0 Å². The third kappa shape index (κ3) is 2.62. The van der Waals surface area contributed by atoms with Gasteiger partial charge < -0.3 is 0 Å². The second-order valence-electron chi connectivity index (χ2n) is 3.57. The van der Waals surface area contributed by atoms with Crippen molar-refractivity contribution in [1.29, 1.82) is 0 Å². The van der Waals surface area contributed by atoms with Gasteiger partial charge in [0.05, 0.1) is 6.04 Å². The third-order valence-corrected chi connectivity index (χ3v) is 2.72. The van der Waals surface area contributed by atoms with Crippen molar-refractivity contribution in [3.05, 3.63) is 0 Å². The van der Waals surface area contributed by atoms with Crippen molar-refractivity contribution in [2.24, 2.45) is 0 Å². The first-order valence-corrected chi connectivity index (χ1v) is 4.93. The third-order valence-electron chi connectivity index (χ3n) is 2.72. The summed E-state index contributed by atoms with van der Waals surface area (Å²) >= 11 is 0. The molecule has 0 N–H and O–H groups in total. The van der Waals surface area contributed by atoms with Gasteiger partial charge in [0.15, 0.2) is 0 Å². The van der Waals surface area contributed by atoms with Gasteiger partial charge in [-0.2, -0.15) is 0 Å². The van der Waals surface area contributed by atoms with Crippen LogP contribution in [0.15, 0.2) is 0 Å². The summed E-state index contributed by atoms with van der Waals surface area (Å²) in [5, 5.41) is 0. The van der Waals surface area contributed by atoms with Gasteiger partial charge in [-0.15, -0.1) is 0 Å². The molecule has 3 heteroatoms. The second-order valence-corrected chi connectivity index (χ2v) is 3.57. The first-order chi connectivity index (χ1) is 6.15. The van der Waals surface area contributed by atoms with E-state index in [1.54, 1.807) is 0 Å². The van der Waals surface area contributed by atoms with Crippen molar-refractivity contribution in [1.82, 2.24) is 4.90 Å². The van der Waals surface area contributed by atoms with Crippen LogP contribution < -0.4 is 0 Å². The standard InChI is InChI=1S/C10H17NO2/c1-3-10(13)8(2)11-6-4-9(12)5-7-11/h8H,3-7H2,1-2H3. The predicted molar refractivity (Wildman–Crippen MR) is 50.6 cm³/mol. The van der Waals surface area contributed by atoms with Crippen molar-refractivity contribution in [2.75, 3.05) is 13.1 Å². The summed E-state index contributed by atoms with van der Waals surface area (Å²) in [6.45, 7) is 5.33. The zero-order valence-electron chi connectivity index (χ0n) is 8.38. The van der Waals surface area contributed by atoms with Crippen LogP contribution in [0.3, 0.4) is 0 Å². The lowest BCUT2D eigenvalue weighted by Gasteiger charge is -2.30. The van der Waals surface area contributed by atoms with Crippen LogP contribution in [0, 0.1) is 0 Å². The molecule has 0 aromatic carbocycles. The fourth-order valence-electron chi connectivity index (χ4n) is 1.66. The Balaban J connectivity index is 2.44. The highest BCUT2D eigenvalue weighted by molar-refractivity contribution is 5.84. The van der Waals surface area contributed by atoms with Crippen molar-refractivity contribution in [3.63, 3.8) is 0 Å². The molecule has 1 heterocycles. The summed E-state index contributed by atoms with van der Waals surface area (Å²) in [5.41, 5.74) is 0. The average Bonchev–Trinajstić information content (AvgIpc) is 2.17. The molecule has 0 saturated carbocycles. The van der Waals surface area contributed by atoms with Gasteiger partial charge in [-0.05, 0) is 6.92 Å². The Morgan fingerprint density at radius 2 is 2.00 bits per heavy atom. The van der Waals surface area contributed by atoms with Gasteiger partial charge in [-0.3, -0.25) is 14.5 Å². The molecule has 1 saturated heterocycles. The number of ketones is 2. The number of carbonyl (C=O) groups excluding carboxylic acids is 2. The Labute approximate surface area is 79.1 Å². The Hall–Kier alpha value is -0.700. The Morgan fingerprint density at radius 1 is 1.46 bits per heavy atom. The first-order valence-electron chi connectivity index (χ1n) is 4.93. The average molecular weight is 183 g/mol. The summed E-state index contributed by atoms with van der Waals surface area (Å²) in [4.78, 5) is 24.4. The van der Waals surface area contributed by atoms with Crippen molar-refractivity contribution < 1.29 is 9.59 Å². The van der Waals surface area contributed by atoms with Crippen LogP contribution in [0.5, 0.6) is 0 Å². The summed E-state index contributed by atoms with van der Waals surface area (Å²) < 4.78 is 0. The lowest BCUT2D eigenvalue weighted by atomic mass is 10.0. The van der Waals surface area contributed by atoms with Crippen LogP contribution in [0.25, 0.3) is 0 Å². The van der Waals surface area contributed by atoms with E-state index in [1.807, 2.05) is 13.8 Å². The van der Waals surface area contributed by atoms with E-state index in [2.05, 4.69) is 4.90 Å². The van der Waals surface area contributed by atoms with Crippen molar-refractivity contribution in [3.8, 4) is 0 Å². The second kappa shape index (κ2) is 4.51. The molecule has 1 aliphatic heterocycles. The highest BCUT2D eigenvalue weighted by Gasteiger charge is 2.23. The minimum absolute atomic E-state index is 0.00176. The van der Waals surface area contributed by atoms with E-state index in [0.717, 1.165) is 13.1 Å². The molecule has 1 unspecified atom stereocenters. The van der Waals surface area contributed by atoms with E-state index in [0.29, 0.717) is 25.0 Å². The molecule has 0 bridgehead atoms. The number of Topliss-reactive ketones (excluding diaryl/α,β-unsaturated/α-hetero) is 2. The van der Waals surface area contributed by atoms with Crippen LogP contribution in [0.2, 0.25) is 0 Å². The van der Waals surface area contributed by atoms with E-state index >= 15 is 0 Å². The molecule has 74 valence electrons. The highest BCUT2D eigenvalue weighted by Crippen LogP contribution is 2.10. The molecular weight excluding hydrogens is 166 g/mol. The van der Waals surface area contributed by atoms with Crippen LogP contribution >= 0.6 is 0 Å². The maximum Gasteiger partial charge on any atom is 0.149 e. The normalized spacial score (nSPS) is 21.5. The van der Waals surface area contributed by atoms with Crippen LogP contribution in [0.4, 0.5) is 0 Å². The largest absolute Gasteiger partial charge is 0.300 e. The van der Waals surface area contributed by atoms with E-state index in [4.69, 9.17) is 0 Å². The number of hydrogen-bond acceptors (Lipinski definition) is 3. The van der Waals surface area contributed by atoms with Gasteiger partial charge in [-0.25, -0.2) is 0 Å². The lowest BCUT2D eigenvalue weighted by Crippen LogP contribution is -2.43. The Kier molecular flexibility index (Phi) is 3.60. The Morgan fingerprint density at radius 3 is 2.46 bits per heavy atom. The molecule has 0 radical (unpaired) electrons. The van der Waals surface area contributed by atoms with E-state index < -0.39 is 0 Å². The first kappa shape index (κ1) is 10.4. The van der Waals surface area contributed by atoms with Gasteiger partial charge in [0.25, 0.3) is 0 Å². The minimum atomic E-state index is -0.00176. The quantitative estimate of drug-likeness (QED) is 0.655. The molecule has 1 fully saturated rings. The zero-order valence-corrected chi connectivity index (χ0v) is 8.38. The van der Waals surface area contributed by atoms with Gasteiger partial charge in [0.1, 0.15) is 11.6 Å². The summed E-state index contributed by atoms with van der Waals surface area (Å²) in [6.07, 6.45) is 1.81. The van der Waals surface area contributed by atoms with Gasteiger partial charge in [0.2, 0.25) is 0 Å². The highest BCUT2D eigenvalue weighted by atomic mass is 16.1. The molecule has 1 aliphatic rings. The molecule has 0 aromatic rings. The number of carbonyl (C=O) groups is 2. The zero-order chi connectivity index (χ0) is 9.84. The summed E-state index contributed by atoms with van der Waals surface area (Å²) in [7, 11) is 0. The molecular formula is C10H17NO2. The number of piperidine rings is 1. The molecule has 3 nitrogen and oxygen atoms in total. The minimum Gasteiger partial charge on any atom is -0.300 e. The monoisotopic (exact) mass is 183 g/mol. The van der Waals surface area contributed by atoms with Crippen LogP contribution in [-0.4, -0.2) is 35.6 Å². The maximum absolute atomic E-state index is 11.4. The molecule has 0 spiro atoms. The van der Waals surface area contributed by atoms with Crippen molar-refractivity contribution >= 4 is 11.6 Å². The smallest absolute Gasteiger partial charge is 0.149 e. The van der Waals surface area contributed by atoms with E-state index in [9.17, 15) is 9.59 Å². The molecule has 1 atom stereocenters. The number of rotatable bonds is 3. The summed E-state index contributed by atoms with van der Waals surface area (Å²) in [6, 6.07) is -0.00176. The van der Waals surface area contributed by atoms with E-state index in [1.165, 1.54) is 0 Å². The fourth-order valence-corrected chi connectivity index (χ4v) is 1.66. The van der Waals surface area contributed by atoms with Gasteiger partial charge in [0, 0.05) is 32.4 Å². The summed E-state index contributed by atoms with van der Waals surface area (Å²) in [5.74, 6) is 0.599. The molecule has 0 aromatic heterocycles. The Bertz CT molecular complexity index is 203. The van der Waals surface area contributed by atoms with E-state index in [-0.39, 0.29) is 11.8 Å². The van der Waals surface area contributed by atoms with Crippen LogP contribution in [-0.2, 0) is 9.59 Å². The number of nitrogens with zero attached hydrogens (tertiary/aromatic N) is 1. The fraction of sp³-hybridized carbons (Fsp3) is 0.800. The molecule has 1 rings (SSSR count). The molecule has 13 heavy (non-hydrogen) atoms. The predicted octanol–water partition coefficient (Wildman–Crippen LogP) is 1.02. The van der Waals surface area contributed by atoms with Crippen molar-refractivity contribution in [2.45, 2.75) is 39.2 Å². The topological polar surface area (TPSA) is 37.4 Å². The number of likely N-dealkylation sites (tertiary alicyclic amines) is 1. The maximum atomic E-state index is 11.4. The van der Waals surface area contributed by atoms with Gasteiger partial charge in [-0.1, -0.05) is 6.92 Å². The SMILES string of the molecule is CCC(=O)C(C)N1CCC(=O)CC1.